The van der Waals surface area contributed by atoms with Gasteiger partial charge in [0.05, 0.1) is 6.54 Å². The lowest BCUT2D eigenvalue weighted by Crippen LogP contribution is -2.03. The molecule has 7 heteroatoms. The maximum absolute atomic E-state index is 10.6. The van der Waals surface area contributed by atoms with Crippen LogP contribution >= 0.6 is 11.3 Å². The van der Waals surface area contributed by atoms with Crippen molar-refractivity contribution in [3.05, 3.63) is 34.2 Å². The van der Waals surface area contributed by atoms with Gasteiger partial charge in [-0.2, -0.15) is 0 Å². The van der Waals surface area contributed by atoms with Crippen LogP contribution in [0.15, 0.2) is 17.8 Å². The first-order valence-corrected chi connectivity index (χ1v) is 5.73. The molecule has 0 unspecified atom stereocenters. The van der Waals surface area contributed by atoms with Gasteiger partial charge in [0.15, 0.2) is 5.69 Å². The molecule has 0 bridgehead atoms. The molecule has 88 valence electrons. The van der Waals surface area contributed by atoms with E-state index in [2.05, 4.69) is 20.3 Å². The largest absolute Gasteiger partial charge is 0.476 e. The Kier molecular flexibility index (Phi) is 3.29. The van der Waals surface area contributed by atoms with E-state index >= 15 is 0 Å². The quantitative estimate of drug-likeness (QED) is 0.856. The number of hydrogen-bond donors (Lipinski definition) is 2. The fourth-order valence-corrected chi connectivity index (χ4v) is 1.92. The zero-order chi connectivity index (χ0) is 12.3. The third kappa shape index (κ3) is 2.97. The number of carboxylic acids is 1. The van der Waals surface area contributed by atoms with Crippen LogP contribution in [0.2, 0.25) is 0 Å². The van der Waals surface area contributed by atoms with Crippen molar-refractivity contribution in [1.82, 2.24) is 15.0 Å². The van der Waals surface area contributed by atoms with Crippen molar-refractivity contribution < 1.29 is 9.90 Å². The molecule has 2 N–H and O–H groups in total. The molecule has 0 radical (unpaired) electrons. The van der Waals surface area contributed by atoms with Crippen LogP contribution in [-0.2, 0) is 6.54 Å². The Morgan fingerprint density at radius 2 is 2.35 bits per heavy atom. The number of aryl methyl sites for hydroxylation is 1. The summed E-state index contributed by atoms with van der Waals surface area (Å²) in [5.74, 6) is -0.310. The molecule has 0 saturated heterocycles. The van der Waals surface area contributed by atoms with Crippen molar-refractivity contribution in [1.29, 1.82) is 0 Å². The first-order valence-electron chi connectivity index (χ1n) is 4.85. The van der Waals surface area contributed by atoms with E-state index < -0.39 is 5.97 Å². The minimum Gasteiger partial charge on any atom is -0.476 e. The number of carbonyl (C=O) groups is 1. The minimum atomic E-state index is -1.01. The fourth-order valence-electron chi connectivity index (χ4n) is 1.21. The molecule has 0 spiro atoms. The van der Waals surface area contributed by atoms with Gasteiger partial charge in [0.2, 0.25) is 0 Å². The molecule has 0 amide bonds. The van der Waals surface area contributed by atoms with Crippen LogP contribution in [0.3, 0.4) is 0 Å². The lowest BCUT2D eigenvalue weighted by molar-refractivity contribution is 0.0691. The Bertz CT molecular complexity index is 541. The highest BCUT2D eigenvalue weighted by molar-refractivity contribution is 7.09. The van der Waals surface area contributed by atoms with Crippen molar-refractivity contribution in [2.75, 3.05) is 5.32 Å². The summed E-state index contributed by atoms with van der Waals surface area (Å²) in [6.45, 7) is 2.33. The lowest BCUT2D eigenvalue weighted by atomic mass is 10.4. The molecule has 0 aliphatic rings. The number of aromatic carboxylic acids is 1. The molecule has 0 aliphatic heterocycles. The Morgan fingerprint density at radius 3 is 3.00 bits per heavy atom. The Morgan fingerprint density at radius 1 is 1.53 bits per heavy atom. The zero-order valence-corrected chi connectivity index (χ0v) is 9.86. The van der Waals surface area contributed by atoms with Gasteiger partial charge in [-0.15, -0.1) is 11.3 Å². The molecule has 17 heavy (non-hydrogen) atoms. The van der Waals surface area contributed by atoms with Gasteiger partial charge >= 0.3 is 5.97 Å². The van der Waals surface area contributed by atoms with Crippen LogP contribution in [0, 0.1) is 6.92 Å². The number of carboxylic acid groups (broad SMARTS) is 1. The van der Waals surface area contributed by atoms with Crippen molar-refractivity contribution >= 4 is 23.1 Å². The van der Waals surface area contributed by atoms with Crippen molar-refractivity contribution in [3.8, 4) is 0 Å². The normalized spacial score (nSPS) is 10.2. The first kappa shape index (κ1) is 11.5. The maximum atomic E-state index is 10.6. The topological polar surface area (TPSA) is 88.0 Å². The number of hydrogen-bond acceptors (Lipinski definition) is 6. The standard InChI is InChI=1S/C10H10N4O2S/c1-6-2-8(13-5-12-6)11-3-9-14-7(4-17-9)10(15)16/h2,4-5H,3H2,1H3,(H,15,16)(H,11,12,13). The van der Waals surface area contributed by atoms with E-state index in [1.807, 2.05) is 13.0 Å². The van der Waals surface area contributed by atoms with E-state index in [4.69, 9.17) is 5.11 Å². The lowest BCUT2D eigenvalue weighted by Gasteiger charge is -2.02. The molecular formula is C10H10N4O2S. The van der Waals surface area contributed by atoms with Gasteiger partial charge in [0.1, 0.15) is 17.2 Å². The molecule has 0 fully saturated rings. The Balaban J connectivity index is 2.00. The molecule has 6 nitrogen and oxygen atoms in total. The molecule has 2 aromatic rings. The average Bonchev–Trinajstić information content (AvgIpc) is 2.75. The number of rotatable bonds is 4. The second kappa shape index (κ2) is 4.88. The Labute approximate surface area is 101 Å². The van der Waals surface area contributed by atoms with Crippen LogP contribution in [0.4, 0.5) is 5.82 Å². The third-order valence-corrected chi connectivity index (χ3v) is 2.84. The summed E-state index contributed by atoms with van der Waals surface area (Å²) in [6, 6.07) is 1.81. The number of nitrogens with one attached hydrogen (secondary N) is 1. The number of thiazole rings is 1. The summed E-state index contributed by atoms with van der Waals surface area (Å²) in [6.07, 6.45) is 1.47. The van der Waals surface area contributed by atoms with E-state index in [1.165, 1.54) is 23.0 Å². The zero-order valence-electron chi connectivity index (χ0n) is 9.04. The number of aromatic nitrogens is 3. The Hall–Kier alpha value is -2.02. The summed E-state index contributed by atoms with van der Waals surface area (Å²) in [5, 5.41) is 14.0. The van der Waals surface area contributed by atoms with Crippen LogP contribution in [-0.4, -0.2) is 26.0 Å². The van der Waals surface area contributed by atoms with Crippen molar-refractivity contribution in [2.24, 2.45) is 0 Å². The molecule has 0 aliphatic carbocycles. The van der Waals surface area contributed by atoms with Gasteiger partial charge < -0.3 is 10.4 Å². The molecule has 2 aromatic heterocycles. The van der Waals surface area contributed by atoms with Gasteiger partial charge in [-0.05, 0) is 6.92 Å². The summed E-state index contributed by atoms with van der Waals surface area (Å²) in [4.78, 5) is 22.6. The monoisotopic (exact) mass is 250 g/mol. The number of nitrogens with zero attached hydrogens (tertiary/aromatic N) is 3. The van der Waals surface area contributed by atoms with Gasteiger partial charge in [0, 0.05) is 17.1 Å². The van der Waals surface area contributed by atoms with Crippen molar-refractivity contribution in [2.45, 2.75) is 13.5 Å². The van der Waals surface area contributed by atoms with Crippen molar-refractivity contribution in [3.63, 3.8) is 0 Å². The van der Waals surface area contributed by atoms with Gasteiger partial charge in [-0.3, -0.25) is 0 Å². The summed E-state index contributed by atoms with van der Waals surface area (Å²) < 4.78 is 0. The number of anilines is 1. The highest BCUT2D eigenvalue weighted by Gasteiger charge is 2.08. The average molecular weight is 250 g/mol. The van der Waals surface area contributed by atoms with Crippen LogP contribution in [0.5, 0.6) is 0 Å². The molecule has 0 aromatic carbocycles. The summed E-state index contributed by atoms with van der Waals surface area (Å²) in [5.41, 5.74) is 0.943. The van der Waals surface area contributed by atoms with E-state index in [0.29, 0.717) is 17.4 Å². The molecule has 0 saturated carbocycles. The van der Waals surface area contributed by atoms with Crippen LogP contribution in [0.25, 0.3) is 0 Å². The van der Waals surface area contributed by atoms with E-state index in [0.717, 1.165) is 5.69 Å². The minimum absolute atomic E-state index is 0.0747. The molecule has 2 rings (SSSR count). The smallest absolute Gasteiger partial charge is 0.355 e. The first-order chi connectivity index (χ1) is 8.15. The SMILES string of the molecule is Cc1cc(NCc2nc(C(=O)O)cs2)ncn1. The highest BCUT2D eigenvalue weighted by atomic mass is 32.1. The van der Waals surface area contributed by atoms with E-state index in [9.17, 15) is 4.79 Å². The predicted octanol–water partition coefficient (Wildman–Crippen LogP) is 1.55. The van der Waals surface area contributed by atoms with E-state index in [-0.39, 0.29) is 5.69 Å². The molecule has 2 heterocycles. The van der Waals surface area contributed by atoms with E-state index in [1.54, 1.807) is 0 Å². The summed E-state index contributed by atoms with van der Waals surface area (Å²) >= 11 is 1.30. The molecule has 0 atom stereocenters. The third-order valence-electron chi connectivity index (χ3n) is 2.00. The van der Waals surface area contributed by atoms with Gasteiger partial charge in [-0.25, -0.2) is 19.7 Å². The second-order valence-corrected chi connectivity index (χ2v) is 4.27. The maximum Gasteiger partial charge on any atom is 0.355 e. The molecular weight excluding hydrogens is 240 g/mol. The van der Waals surface area contributed by atoms with Crippen LogP contribution < -0.4 is 5.32 Å². The summed E-state index contributed by atoms with van der Waals surface area (Å²) in [7, 11) is 0. The van der Waals surface area contributed by atoms with Crippen LogP contribution in [0.1, 0.15) is 21.2 Å². The highest BCUT2D eigenvalue weighted by Crippen LogP contribution is 2.12. The predicted molar refractivity (Wildman–Crippen MR) is 63.2 cm³/mol. The van der Waals surface area contributed by atoms with Gasteiger partial charge in [0.25, 0.3) is 0 Å². The fraction of sp³-hybridized carbons (Fsp3) is 0.200. The second-order valence-electron chi connectivity index (χ2n) is 3.33. The van der Waals surface area contributed by atoms with Gasteiger partial charge in [-0.1, -0.05) is 0 Å².